The number of nitrogens with one attached hydrogen (secondary N) is 2. The van der Waals surface area contributed by atoms with E-state index in [2.05, 4.69) is 16.4 Å². The van der Waals surface area contributed by atoms with Crippen molar-refractivity contribution in [1.29, 1.82) is 0 Å². The number of carbonyl (C=O) groups is 2. The van der Waals surface area contributed by atoms with E-state index in [9.17, 15) is 9.59 Å². The number of rotatable bonds is 6. The van der Waals surface area contributed by atoms with E-state index < -0.39 is 0 Å². The van der Waals surface area contributed by atoms with Crippen LogP contribution in [0, 0.1) is 6.92 Å². The molecule has 0 saturated heterocycles. The molecule has 5 rings (SSSR count). The standard InChI is InChI=1S/C27H25N3O3/c1-17-25(22-9-5-6-10-23(22)29-17)26-20-7-3-4-8-21(20)27(32)30(26)16-24(31)28-15-18-11-13-19(33-2)14-12-18/h3-14,26,29H,15-16H2,1-2H3,(H,28,31). The molecule has 4 aromatic rings. The number of ether oxygens (including phenoxy) is 1. The fourth-order valence-electron chi connectivity index (χ4n) is 4.65. The molecule has 2 amide bonds. The van der Waals surface area contributed by atoms with Crippen molar-refractivity contribution >= 4 is 22.7 Å². The van der Waals surface area contributed by atoms with Gasteiger partial charge in [-0.3, -0.25) is 9.59 Å². The Kier molecular flexibility index (Phi) is 5.34. The van der Waals surface area contributed by atoms with Crippen LogP contribution in [-0.4, -0.2) is 35.4 Å². The summed E-state index contributed by atoms with van der Waals surface area (Å²) in [7, 11) is 1.62. The van der Waals surface area contributed by atoms with Gasteiger partial charge in [-0.1, -0.05) is 48.5 Å². The van der Waals surface area contributed by atoms with Crippen LogP contribution in [0.15, 0.2) is 72.8 Å². The lowest BCUT2D eigenvalue weighted by atomic mass is 9.95. The molecule has 2 heterocycles. The Hall–Kier alpha value is -4.06. The van der Waals surface area contributed by atoms with Crippen molar-refractivity contribution in [3.63, 3.8) is 0 Å². The molecule has 0 spiro atoms. The van der Waals surface area contributed by atoms with Crippen LogP contribution in [0.5, 0.6) is 5.75 Å². The Labute approximate surface area is 192 Å². The molecule has 0 fully saturated rings. The maximum absolute atomic E-state index is 13.4. The zero-order valence-electron chi connectivity index (χ0n) is 18.6. The van der Waals surface area contributed by atoms with Gasteiger partial charge in [-0.2, -0.15) is 0 Å². The number of H-pyrrole nitrogens is 1. The molecule has 6 nitrogen and oxygen atoms in total. The third-order valence-corrected chi connectivity index (χ3v) is 6.24. The van der Waals surface area contributed by atoms with E-state index >= 15 is 0 Å². The molecule has 2 N–H and O–H groups in total. The van der Waals surface area contributed by atoms with Crippen LogP contribution in [-0.2, 0) is 11.3 Å². The predicted octanol–water partition coefficient (Wildman–Crippen LogP) is 4.35. The molecule has 1 aliphatic rings. The fourth-order valence-corrected chi connectivity index (χ4v) is 4.65. The number of nitrogens with zero attached hydrogens (tertiary/aromatic N) is 1. The number of aromatic nitrogens is 1. The van der Waals surface area contributed by atoms with Crippen molar-refractivity contribution in [3.05, 3.63) is 101 Å². The van der Waals surface area contributed by atoms with Crippen molar-refractivity contribution in [3.8, 4) is 5.75 Å². The Balaban J connectivity index is 1.43. The summed E-state index contributed by atoms with van der Waals surface area (Å²) in [6.45, 7) is 2.38. The van der Waals surface area contributed by atoms with Crippen LogP contribution in [0.1, 0.15) is 38.8 Å². The lowest BCUT2D eigenvalue weighted by molar-refractivity contribution is -0.122. The number of fused-ring (bicyclic) bond motifs is 2. The van der Waals surface area contributed by atoms with Crippen molar-refractivity contribution in [2.45, 2.75) is 19.5 Å². The number of hydrogen-bond donors (Lipinski definition) is 2. The predicted molar refractivity (Wildman–Crippen MR) is 127 cm³/mol. The number of benzene rings is 3. The molecule has 1 aliphatic heterocycles. The van der Waals surface area contributed by atoms with Gasteiger partial charge in [0.25, 0.3) is 5.91 Å². The highest BCUT2D eigenvalue weighted by Gasteiger charge is 2.40. The maximum Gasteiger partial charge on any atom is 0.255 e. The van der Waals surface area contributed by atoms with E-state index in [0.717, 1.165) is 39.0 Å². The Morgan fingerprint density at radius 2 is 1.76 bits per heavy atom. The van der Waals surface area contributed by atoms with Gasteiger partial charge in [-0.25, -0.2) is 0 Å². The molecule has 6 heteroatoms. The monoisotopic (exact) mass is 439 g/mol. The van der Waals surface area contributed by atoms with Crippen LogP contribution in [0.3, 0.4) is 0 Å². The molecule has 0 aliphatic carbocycles. The zero-order valence-corrected chi connectivity index (χ0v) is 18.6. The third kappa shape index (κ3) is 3.74. The molecule has 0 bridgehead atoms. The van der Waals surface area contributed by atoms with Crippen molar-refractivity contribution in [2.75, 3.05) is 13.7 Å². The second-order valence-corrected chi connectivity index (χ2v) is 8.26. The largest absolute Gasteiger partial charge is 0.497 e. The molecule has 1 aromatic heterocycles. The Morgan fingerprint density at radius 1 is 1.03 bits per heavy atom. The summed E-state index contributed by atoms with van der Waals surface area (Å²) in [5.74, 6) is 0.441. The van der Waals surface area contributed by atoms with E-state index in [0.29, 0.717) is 12.1 Å². The van der Waals surface area contributed by atoms with Gasteiger partial charge in [-0.05, 0) is 42.3 Å². The molecular formula is C27H25N3O3. The lowest BCUT2D eigenvalue weighted by Crippen LogP contribution is -2.39. The van der Waals surface area contributed by atoms with Crippen molar-refractivity contribution in [1.82, 2.24) is 15.2 Å². The fraction of sp³-hybridized carbons (Fsp3) is 0.185. The average Bonchev–Trinajstić information content (AvgIpc) is 3.31. The summed E-state index contributed by atoms with van der Waals surface area (Å²) in [6, 6.07) is 22.9. The maximum atomic E-state index is 13.4. The Morgan fingerprint density at radius 3 is 2.55 bits per heavy atom. The van der Waals surface area contributed by atoms with Crippen LogP contribution >= 0.6 is 0 Å². The molecule has 1 atom stereocenters. The van der Waals surface area contributed by atoms with E-state index in [-0.39, 0.29) is 24.4 Å². The topological polar surface area (TPSA) is 74.4 Å². The van der Waals surface area contributed by atoms with Gasteiger partial charge in [0.2, 0.25) is 5.91 Å². The Bertz CT molecular complexity index is 1340. The van der Waals surface area contributed by atoms with Gasteiger partial charge >= 0.3 is 0 Å². The minimum Gasteiger partial charge on any atom is -0.497 e. The van der Waals surface area contributed by atoms with Gasteiger partial charge in [0.1, 0.15) is 12.3 Å². The van der Waals surface area contributed by atoms with Crippen LogP contribution in [0.25, 0.3) is 10.9 Å². The number of para-hydroxylation sites is 1. The van der Waals surface area contributed by atoms with Crippen molar-refractivity contribution in [2.24, 2.45) is 0 Å². The number of carbonyl (C=O) groups excluding carboxylic acids is 2. The number of aryl methyl sites for hydroxylation is 1. The zero-order chi connectivity index (χ0) is 22.9. The molecule has 1 unspecified atom stereocenters. The van der Waals surface area contributed by atoms with E-state index in [1.54, 1.807) is 12.0 Å². The first kappa shape index (κ1) is 20.8. The number of amides is 2. The quantitative estimate of drug-likeness (QED) is 0.469. The van der Waals surface area contributed by atoms with Gasteiger partial charge in [0.05, 0.1) is 13.2 Å². The van der Waals surface area contributed by atoms with E-state index in [1.807, 2.05) is 73.7 Å². The lowest BCUT2D eigenvalue weighted by Gasteiger charge is -2.25. The van der Waals surface area contributed by atoms with Gasteiger partial charge in [-0.15, -0.1) is 0 Å². The smallest absolute Gasteiger partial charge is 0.255 e. The summed E-state index contributed by atoms with van der Waals surface area (Å²) >= 11 is 0. The molecule has 33 heavy (non-hydrogen) atoms. The van der Waals surface area contributed by atoms with Gasteiger partial charge in [0, 0.05) is 34.3 Å². The number of methoxy groups -OCH3 is 1. The minimum atomic E-state index is -0.323. The van der Waals surface area contributed by atoms with Crippen molar-refractivity contribution < 1.29 is 14.3 Å². The molecule has 166 valence electrons. The first-order valence-corrected chi connectivity index (χ1v) is 10.9. The van der Waals surface area contributed by atoms with E-state index in [1.165, 1.54) is 0 Å². The van der Waals surface area contributed by atoms with E-state index in [4.69, 9.17) is 4.74 Å². The van der Waals surface area contributed by atoms with Crippen LogP contribution in [0.4, 0.5) is 0 Å². The second kappa shape index (κ2) is 8.47. The van der Waals surface area contributed by atoms with Crippen LogP contribution < -0.4 is 10.1 Å². The summed E-state index contributed by atoms with van der Waals surface area (Å²) < 4.78 is 5.18. The first-order valence-electron chi connectivity index (χ1n) is 10.9. The highest BCUT2D eigenvalue weighted by atomic mass is 16.5. The van der Waals surface area contributed by atoms with Crippen LogP contribution in [0.2, 0.25) is 0 Å². The minimum absolute atomic E-state index is 0.0206. The molecule has 3 aromatic carbocycles. The second-order valence-electron chi connectivity index (χ2n) is 8.26. The summed E-state index contributed by atoms with van der Waals surface area (Å²) in [5.41, 5.74) is 5.59. The molecule has 0 saturated carbocycles. The molecular weight excluding hydrogens is 414 g/mol. The number of aromatic amines is 1. The summed E-state index contributed by atoms with van der Waals surface area (Å²) in [6.07, 6.45) is 0. The third-order valence-electron chi connectivity index (χ3n) is 6.24. The highest BCUT2D eigenvalue weighted by Crippen LogP contribution is 2.42. The summed E-state index contributed by atoms with van der Waals surface area (Å²) in [5, 5.41) is 4.01. The number of hydrogen-bond acceptors (Lipinski definition) is 3. The molecule has 0 radical (unpaired) electrons. The SMILES string of the molecule is COc1ccc(CNC(=O)CN2C(=O)c3ccccc3C2c2c(C)[nH]c3ccccc23)cc1. The first-order chi connectivity index (χ1) is 16.1. The average molecular weight is 440 g/mol. The van der Waals surface area contributed by atoms with Gasteiger partial charge in [0.15, 0.2) is 0 Å². The highest BCUT2D eigenvalue weighted by molar-refractivity contribution is 6.02. The van der Waals surface area contributed by atoms with Gasteiger partial charge < -0.3 is 19.9 Å². The summed E-state index contributed by atoms with van der Waals surface area (Å²) in [4.78, 5) is 31.4. The normalized spacial score (nSPS) is 15.0.